The molecule has 1 heterocycles. The average molecular weight is 386 g/mol. The maximum absolute atomic E-state index is 12.6. The normalized spacial score (nSPS) is 18.1. The first-order chi connectivity index (χ1) is 12.5. The first kappa shape index (κ1) is 21.1. The van der Waals surface area contributed by atoms with Gasteiger partial charge in [0.25, 0.3) is 0 Å². The standard InChI is InChI=1S/C19H25F3N2O3/c1-18(2,3)17(26)24-10-6-7-13(11-24)16(25)23-14-8-4-5-9-15(14)27-12-19(20,21)22/h4-5,8-9,13H,6-7,10-12H2,1-3H3,(H,23,25). The molecule has 0 bridgehead atoms. The Morgan fingerprint density at radius 1 is 1.22 bits per heavy atom. The lowest BCUT2D eigenvalue weighted by atomic mass is 9.91. The van der Waals surface area contributed by atoms with Crippen molar-refractivity contribution in [2.45, 2.75) is 39.8 Å². The molecule has 1 unspecified atom stereocenters. The van der Waals surface area contributed by atoms with Gasteiger partial charge in [0, 0.05) is 18.5 Å². The van der Waals surface area contributed by atoms with Gasteiger partial charge >= 0.3 is 6.18 Å². The molecule has 1 aromatic rings. The van der Waals surface area contributed by atoms with Crippen LogP contribution in [0.25, 0.3) is 0 Å². The van der Waals surface area contributed by atoms with Gasteiger partial charge in [-0.25, -0.2) is 0 Å². The third-order valence-corrected chi connectivity index (χ3v) is 4.26. The highest BCUT2D eigenvalue weighted by molar-refractivity contribution is 5.94. The zero-order chi connectivity index (χ0) is 20.2. The van der Waals surface area contributed by atoms with Crippen molar-refractivity contribution in [3.63, 3.8) is 0 Å². The van der Waals surface area contributed by atoms with Crippen molar-refractivity contribution >= 4 is 17.5 Å². The van der Waals surface area contributed by atoms with Crippen LogP contribution in [0.5, 0.6) is 5.75 Å². The first-order valence-electron chi connectivity index (χ1n) is 8.86. The number of carbonyl (C=O) groups is 2. The Kier molecular flexibility index (Phi) is 6.38. The van der Waals surface area contributed by atoms with Crippen LogP contribution in [0.15, 0.2) is 24.3 Å². The summed E-state index contributed by atoms with van der Waals surface area (Å²) in [6.45, 7) is 4.95. The molecule has 1 fully saturated rings. The van der Waals surface area contributed by atoms with E-state index < -0.39 is 24.1 Å². The number of ether oxygens (including phenoxy) is 1. The number of rotatable bonds is 4. The van der Waals surface area contributed by atoms with Crippen molar-refractivity contribution in [1.29, 1.82) is 0 Å². The molecular formula is C19H25F3N2O3. The predicted molar refractivity (Wildman–Crippen MR) is 95.4 cm³/mol. The van der Waals surface area contributed by atoms with E-state index in [0.29, 0.717) is 25.9 Å². The van der Waals surface area contributed by atoms with Crippen LogP contribution in [0, 0.1) is 11.3 Å². The fraction of sp³-hybridized carbons (Fsp3) is 0.579. The predicted octanol–water partition coefficient (Wildman–Crippen LogP) is 3.85. The summed E-state index contributed by atoms with van der Waals surface area (Å²) in [5.74, 6) is -0.805. The molecule has 1 saturated heterocycles. The summed E-state index contributed by atoms with van der Waals surface area (Å²) < 4.78 is 42.0. The number of para-hydroxylation sites is 2. The number of amides is 2. The molecule has 0 aliphatic carbocycles. The van der Waals surface area contributed by atoms with Crippen LogP contribution in [-0.2, 0) is 9.59 Å². The maximum atomic E-state index is 12.6. The largest absolute Gasteiger partial charge is 0.482 e. The number of nitrogens with zero attached hydrogens (tertiary/aromatic N) is 1. The topological polar surface area (TPSA) is 58.6 Å². The van der Waals surface area contributed by atoms with E-state index in [1.165, 1.54) is 18.2 Å². The van der Waals surface area contributed by atoms with Crippen LogP contribution < -0.4 is 10.1 Å². The molecule has 1 N–H and O–H groups in total. The molecule has 8 heteroatoms. The van der Waals surface area contributed by atoms with Gasteiger partial charge in [-0.05, 0) is 25.0 Å². The van der Waals surface area contributed by atoms with Gasteiger partial charge in [-0.3, -0.25) is 9.59 Å². The molecule has 150 valence electrons. The van der Waals surface area contributed by atoms with Crippen molar-refractivity contribution in [1.82, 2.24) is 4.90 Å². The van der Waals surface area contributed by atoms with E-state index in [1.54, 1.807) is 11.0 Å². The van der Waals surface area contributed by atoms with Gasteiger partial charge in [0.2, 0.25) is 11.8 Å². The van der Waals surface area contributed by atoms with Gasteiger partial charge in [-0.2, -0.15) is 13.2 Å². The number of nitrogens with one attached hydrogen (secondary N) is 1. The van der Waals surface area contributed by atoms with E-state index in [0.717, 1.165) is 0 Å². The quantitative estimate of drug-likeness (QED) is 0.855. The molecule has 1 aromatic carbocycles. The number of halogens is 3. The summed E-state index contributed by atoms with van der Waals surface area (Å²) >= 11 is 0. The van der Waals surface area contributed by atoms with Gasteiger partial charge in [0.15, 0.2) is 6.61 Å². The van der Waals surface area contributed by atoms with Gasteiger partial charge in [-0.15, -0.1) is 0 Å². The van der Waals surface area contributed by atoms with E-state index >= 15 is 0 Å². The molecule has 0 spiro atoms. The van der Waals surface area contributed by atoms with E-state index in [-0.39, 0.29) is 23.3 Å². The summed E-state index contributed by atoms with van der Waals surface area (Å²) in [7, 11) is 0. The van der Waals surface area contributed by atoms with Gasteiger partial charge in [0.05, 0.1) is 11.6 Å². The fourth-order valence-electron chi connectivity index (χ4n) is 2.94. The monoisotopic (exact) mass is 386 g/mol. The van der Waals surface area contributed by atoms with E-state index in [1.807, 2.05) is 20.8 Å². The van der Waals surface area contributed by atoms with Gasteiger partial charge < -0.3 is 15.0 Å². The zero-order valence-corrected chi connectivity index (χ0v) is 15.7. The number of benzene rings is 1. The summed E-state index contributed by atoms with van der Waals surface area (Å²) in [4.78, 5) is 26.7. The van der Waals surface area contributed by atoms with Crippen molar-refractivity contribution in [2.24, 2.45) is 11.3 Å². The Morgan fingerprint density at radius 3 is 2.52 bits per heavy atom. The molecule has 2 rings (SSSR count). The molecule has 1 atom stereocenters. The summed E-state index contributed by atoms with van der Waals surface area (Å²) in [5.41, 5.74) is -0.345. The molecule has 0 saturated carbocycles. The summed E-state index contributed by atoms with van der Waals surface area (Å²) in [6, 6.07) is 6.00. The number of carbonyl (C=O) groups excluding carboxylic acids is 2. The van der Waals surface area contributed by atoms with Crippen molar-refractivity contribution < 1.29 is 27.5 Å². The van der Waals surface area contributed by atoms with Crippen molar-refractivity contribution in [2.75, 3.05) is 25.0 Å². The highest BCUT2D eigenvalue weighted by Crippen LogP contribution is 2.28. The fourth-order valence-corrected chi connectivity index (χ4v) is 2.94. The van der Waals surface area contributed by atoms with Crippen LogP contribution in [0.4, 0.5) is 18.9 Å². The molecule has 0 aromatic heterocycles. The Labute approximate surface area is 156 Å². The van der Waals surface area contributed by atoms with Crippen molar-refractivity contribution in [3.8, 4) is 5.75 Å². The Bertz CT molecular complexity index is 684. The molecule has 5 nitrogen and oxygen atoms in total. The summed E-state index contributed by atoms with van der Waals surface area (Å²) in [6.07, 6.45) is -3.15. The molecule has 1 aliphatic heterocycles. The first-order valence-corrected chi connectivity index (χ1v) is 8.86. The van der Waals surface area contributed by atoms with Crippen LogP contribution >= 0.6 is 0 Å². The van der Waals surface area contributed by atoms with Crippen molar-refractivity contribution in [3.05, 3.63) is 24.3 Å². The highest BCUT2D eigenvalue weighted by atomic mass is 19.4. The number of anilines is 1. The lowest BCUT2D eigenvalue weighted by Crippen LogP contribution is -2.47. The van der Waals surface area contributed by atoms with Gasteiger partial charge in [0.1, 0.15) is 5.75 Å². The van der Waals surface area contributed by atoms with E-state index in [9.17, 15) is 22.8 Å². The lowest BCUT2D eigenvalue weighted by molar-refractivity contribution is -0.153. The SMILES string of the molecule is CC(C)(C)C(=O)N1CCCC(C(=O)Nc2ccccc2OCC(F)(F)F)C1. The number of hydrogen-bond acceptors (Lipinski definition) is 3. The Hall–Kier alpha value is -2.25. The zero-order valence-electron chi connectivity index (χ0n) is 15.7. The molecular weight excluding hydrogens is 361 g/mol. The lowest BCUT2D eigenvalue weighted by Gasteiger charge is -2.36. The second-order valence-corrected chi connectivity index (χ2v) is 7.73. The number of hydrogen-bond donors (Lipinski definition) is 1. The second-order valence-electron chi connectivity index (χ2n) is 7.73. The summed E-state index contributed by atoms with van der Waals surface area (Å²) in [5, 5.41) is 2.65. The Balaban J connectivity index is 2.04. The average Bonchev–Trinajstić information content (AvgIpc) is 2.59. The van der Waals surface area contributed by atoms with Crippen LogP contribution in [0.1, 0.15) is 33.6 Å². The third-order valence-electron chi connectivity index (χ3n) is 4.26. The van der Waals surface area contributed by atoms with E-state index in [4.69, 9.17) is 4.74 Å². The Morgan fingerprint density at radius 2 is 1.89 bits per heavy atom. The number of alkyl halides is 3. The van der Waals surface area contributed by atoms with Crippen LogP contribution in [0.2, 0.25) is 0 Å². The minimum absolute atomic E-state index is 0.0195. The van der Waals surface area contributed by atoms with Gasteiger partial charge in [-0.1, -0.05) is 32.9 Å². The molecule has 1 aliphatic rings. The number of piperidine rings is 1. The molecule has 0 radical (unpaired) electrons. The minimum atomic E-state index is -4.46. The number of likely N-dealkylation sites (tertiary alicyclic amines) is 1. The second kappa shape index (κ2) is 8.19. The molecule has 27 heavy (non-hydrogen) atoms. The third kappa shape index (κ3) is 6.15. The van der Waals surface area contributed by atoms with Crippen LogP contribution in [0.3, 0.4) is 0 Å². The van der Waals surface area contributed by atoms with E-state index in [2.05, 4.69) is 5.32 Å². The minimum Gasteiger partial charge on any atom is -0.482 e. The highest BCUT2D eigenvalue weighted by Gasteiger charge is 2.34. The molecule has 2 amide bonds. The smallest absolute Gasteiger partial charge is 0.422 e. The maximum Gasteiger partial charge on any atom is 0.422 e. The van der Waals surface area contributed by atoms with Crippen LogP contribution in [-0.4, -0.2) is 42.6 Å².